The van der Waals surface area contributed by atoms with E-state index in [9.17, 15) is 25.0 Å². The van der Waals surface area contributed by atoms with Gasteiger partial charge in [-0.25, -0.2) is 0 Å². The molecule has 0 aliphatic rings. The van der Waals surface area contributed by atoms with Crippen LogP contribution in [0.15, 0.2) is 48.5 Å². The van der Waals surface area contributed by atoms with Crippen LogP contribution in [0.3, 0.4) is 0 Å². The molecule has 9 nitrogen and oxygen atoms in total. The van der Waals surface area contributed by atoms with Crippen LogP contribution in [0.4, 0.5) is 11.4 Å². The Morgan fingerprint density at radius 2 is 1.08 bits per heavy atom. The number of benzene rings is 2. The van der Waals surface area contributed by atoms with Crippen molar-refractivity contribution in [2.45, 2.75) is 0 Å². The third-order valence-electron chi connectivity index (χ3n) is 2.89. The quantitative estimate of drug-likeness (QED) is 0.537. The van der Waals surface area contributed by atoms with Crippen molar-refractivity contribution in [2.24, 2.45) is 0 Å². The molecule has 0 atom stereocenters. The van der Waals surface area contributed by atoms with E-state index in [1.54, 1.807) is 0 Å². The minimum atomic E-state index is -0.535. The summed E-state index contributed by atoms with van der Waals surface area (Å²) in [5.41, 5.74) is -0.148. The summed E-state index contributed by atoms with van der Waals surface area (Å²) in [6.07, 6.45) is 0. The normalized spacial score (nSPS) is 10.0. The fraction of sp³-hybridized carbons (Fsp3) is 0.133. The van der Waals surface area contributed by atoms with E-state index in [0.717, 1.165) is 0 Å². The van der Waals surface area contributed by atoms with Gasteiger partial charge in [0.1, 0.15) is 24.7 Å². The lowest BCUT2D eigenvalue weighted by Crippen LogP contribution is -2.19. The summed E-state index contributed by atoms with van der Waals surface area (Å²) < 4.78 is 10.4. The molecule has 0 bridgehead atoms. The standard InChI is InChI=1S/C15H12N2O7/c18-13(9-23-14-5-1-11(2-6-14)16(19)20)10-24-15-7-3-12(4-8-15)17(21)22/h1-8H,9-10H2. The molecule has 0 saturated carbocycles. The van der Waals surface area contributed by atoms with Gasteiger partial charge in [0.2, 0.25) is 5.78 Å². The minimum absolute atomic E-state index is 0.0739. The molecule has 9 heteroatoms. The summed E-state index contributed by atoms with van der Waals surface area (Å²) in [6.45, 7) is -0.518. The molecule has 0 aliphatic heterocycles. The molecule has 2 aromatic carbocycles. The topological polar surface area (TPSA) is 122 Å². The van der Waals surface area contributed by atoms with Crippen molar-refractivity contribution in [3.05, 3.63) is 68.8 Å². The second-order valence-electron chi connectivity index (χ2n) is 4.62. The number of ether oxygens (including phenoxy) is 2. The summed E-state index contributed by atoms with van der Waals surface area (Å²) in [5, 5.41) is 21.0. The molecule has 124 valence electrons. The first-order chi connectivity index (χ1) is 11.5. The lowest BCUT2D eigenvalue weighted by atomic mass is 10.3. The highest BCUT2D eigenvalue weighted by Gasteiger charge is 2.09. The smallest absolute Gasteiger partial charge is 0.269 e. The molecule has 2 rings (SSSR count). The molecular weight excluding hydrogens is 320 g/mol. The first-order valence-electron chi connectivity index (χ1n) is 6.72. The second-order valence-corrected chi connectivity index (χ2v) is 4.62. The molecule has 0 fully saturated rings. The van der Waals surface area contributed by atoms with Crippen LogP contribution in [0.5, 0.6) is 11.5 Å². The fourth-order valence-electron chi connectivity index (χ4n) is 1.70. The lowest BCUT2D eigenvalue weighted by Gasteiger charge is -2.07. The third kappa shape index (κ3) is 4.77. The van der Waals surface area contributed by atoms with Gasteiger partial charge in [-0.05, 0) is 24.3 Å². The number of non-ortho nitro benzene ring substituents is 2. The van der Waals surface area contributed by atoms with Crippen LogP contribution in [0, 0.1) is 20.2 Å². The monoisotopic (exact) mass is 332 g/mol. The van der Waals surface area contributed by atoms with E-state index in [4.69, 9.17) is 9.47 Å². The van der Waals surface area contributed by atoms with E-state index in [0.29, 0.717) is 11.5 Å². The van der Waals surface area contributed by atoms with Crippen LogP contribution in [-0.4, -0.2) is 28.8 Å². The molecule has 0 N–H and O–H groups in total. The highest BCUT2D eigenvalue weighted by atomic mass is 16.6. The number of rotatable bonds is 8. The minimum Gasteiger partial charge on any atom is -0.486 e. The molecule has 0 spiro atoms. The van der Waals surface area contributed by atoms with Gasteiger partial charge in [0, 0.05) is 24.3 Å². The number of nitro benzene ring substituents is 2. The molecule has 0 amide bonds. The largest absolute Gasteiger partial charge is 0.486 e. The van der Waals surface area contributed by atoms with E-state index in [1.807, 2.05) is 0 Å². The molecule has 0 heterocycles. The summed E-state index contributed by atoms with van der Waals surface area (Å²) in [4.78, 5) is 31.6. The molecule has 0 aromatic heterocycles. The number of nitro groups is 2. The van der Waals surface area contributed by atoms with E-state index in [1.165, 1.54) is 48.5 Å². The van der Waals surface area contributed by atoms with E-state index in [2.05, 4.69) is 0 Å². The van der Waals surface area contributed by atoms with E-state index < -0.39 is 9.85 Å². The lowest BCUT2D eigenvalue weighted by molar-refractivity contribution is -0.385. The third-order valence-corrected chi connectivity index (χ3v) is 2.89. The Morgan fingerprint density at radius 1 is 0.750 bits per heavy atom. The SMILES string of the molecule is O=C(COc1ccc([N+](=O)[O-])cc1)COc1ccc([N+](=O)[O-])cc1. The Hall–Kier alpha value is -3.49. The number of hydrogen-bond acceptors (Lipinski definition) is 7. The van der Waals surface area contributed by atoms with Crippen molar-refractivity contribution in [1.82, 2.24) is 0 Å². The van der Waals surface area contributed by atoms with Crippen molar-refractivity contribution in [3.63, 3.8) is 0 Å². The van der Waals surface area contributed by atoms with Gasteiger partial charge in [-0.3, -0.25) is 25.0 Å². The Morgan fingerprint density at radius 3 is 1.38 bits per heavy atom. The van der Waals surface area contributed by atoms with Gasteiger partial charge in [-0.2, -0.15) is 0 Å². The summed E-state index contributed by atoms with van der Waals surface area (Å²) >= 11 is 0. The molecule has 0 unspecified atom stereocenters. The molecular formula is C15H12N2O7. The maximum Gasteiger partial charge on any atom is 0.269 e. The zero-order valence-corrected chi connectivity index (χ0v) is 12.3. The zero-order valence-electron chi connectivity index (χ0n) is 12.3. The Labute approximate surface area is 135 Å². The van der Waals surface area contributed by atoms with E-state index in [-0.39, 0.29) is 30.4 Å². The first-order valence-corrected chi connectivity index (χ1v) is 6.72. The summed E-state index contributed by atoms with van der Waals surface area (Å²) in [5.74, 6) is 0.292. The van der Waals surface area contributed by atoms with Gasteiger partial charge >= 0.3 is 0 Å². The fourth-order valence-corrected chi connectivity index (χ4v) is 1.70. The van der Waals surface area contributed by atoms with Gasteiger partial charge in [-0.15, -0.1) is 0 Å². The molecule has 0 saturated heterocycles. The van der Waals surface area contributed by atoms with E-state index >= 15 is 0 Å². The highest BCUT2D eigenvalue weighted by Crippen LogP contribution is 2.18. The van der Waals surface area contributed by atoms with Crippen molar-refractivity contribution in [2.75, 3.05) is 13.2 Å². The van der Waals surface area contributed by atoms with Gasteiger partial charge in [0.15, 0.2) is 0 Å². The van der Waals surface area contributed by atoms with Crippen molar-refractivity contribution in [3.8, 4) is 11.5 Å². The summed E-state index contributed by atoms with van der Waals surface area (Å²) in [7, 11) is 0. The molecule has 0 aliphatic carbocycles. The van der Waals surface area contributed by atoms with Crippen molar-refractivity contribution >= 4 is 17.2 Å². The summed E-state index contributed by atoms with van der Waals surface area (Å²) in [6, 6.07) is 10.6. The predicted molar refractivity (Wildman–Crippen MR) is 82.2 cm³/mol. The Balaban J connectivity index is 1.78. The number of carbonyl (C=O) groups excluding carboxylic acids is 1. The average Bonchev–Trinajstić information content (AvgIpc) is 2.58. The molecule has 0 radical (unpaired) electrons. The van der Waals surface area contributed by atoms with Gasteiger partial charge in [0.25, 0.3) is 11.4 Å². The maximum absolute atomic E-state index is 11.7. The number of Topliss-reactive ketones (excluding diaryl/α,β-unsaturated/α-hetero) is 1. The van der Waals surface area contributed by atoms with Gasteiger partial charge in [-0.1, -0.05) is 0 Å². The highest BCUT2D eigenvalue weighted by molar-refractivity contribution is 5.81. The number of hydrogen-bond donors (Lipinski definition) is 0. The Bertz CT molecular complexity index is 678. The van der Waals surface area contributed by atoms with Gasteiger partial charge in [0.05, 0.1) is 9.85 Å². The predicted octanol–water partition coefficient (Wildman–Crippen LogP) is 2.53. The van der Waals surface area contributed by atoms with Crippen LogP contribution < -0.4 is 9.47 Å². The zero-order chi connectivity index (χ0) is 17.5. The molecule has 24 heavy (non-hydrogen) atoms. The Kier molecular flexibility index (Phi) is 5.40. The first kappa shape index (κ1) is 16.9. The van der Waals surface area contributed by atoms with Crippen molar-refractivity contribution < 1.29 is 24.1 Å². The second kappa shape index (κ2) is 7.68. The van der Waals surface area contributed by atoms with Crippen LogP contribution >= 0.6 is 0 Å². The van der Waals surface area contributed by atoms with Crippen LogP contribution in [0.25, 0.3) is 0 Å². The maximum atomic E-state index is 11.7. The van der Waals surface area contributed by atoms with Gasteiger partial charge < -0.3 is 9.47 Å². The van der Waals surface area contributed by atoms with Crippen LogP contribution in [0.1, 0.15) is 0 Å². The van der Waals surface area contributed by atoms with Crippen LogP contribution in [-0.2, 0) is 4.79 Å². The number of carbonyl (C=O) groups is 1. The number of ketones is 1. The number of nitrogens with zero attached hydrogens (tertiary/aromatic N) is 2. The molecule has 2 aromatic rings. The average molecular weight is 332 g/mol. The van der Waals surface area contributed by atoms with Crippen LogP contribution in [0.2, 0.25) is 0 Å². The van der Waals surface area contributed by atoms with Crippen molar-refractivity contribution in [1.29, 1.82) is 0 Å².